The zero-order chi connectivity index (χ0) is 14.5. The molecule has 20 heavy (non-hydrogen) atoms. The molecule has 0 bridgehead atoms. The molecule has 2 nitrogen and oxygen atoms in total. The number of hydrogen-bond acceptors (Lipinski definition) is 2. The van der Waals surface area contributed by atoms with Crippen LogP contribution in [0.2, 0.25) is 0 Å². The van der Waals surface area contributed by atoms with E-state index in [1.807, 2.05) is 43.3 Å². The van der Waals surface area contributed by atoms with Crippen molar-refractivity contribution in [3.8, 4) is 0 Å². The van der Waals surface area contributed by atoms with E-state index < -0.39 is 0 Å². The van der Waals surface area contributed by atoms with Gasteiger partial charge in [0.25, 0.3) is 0 Å². The Balaban J connectivity index is 2.10. The van der Waals surface area contributed by atoms with Gasteiger partial charge in [0.05, 0.1) is 0 Å². The van der Waals surface area contributed by atoms with Gasteiger partial charge in [0.15, 0.2) is 5.78 Å². The molecule has 102 valence electrons. The van der Waals surface area contributed by atoms with Crippen LogP contribution in [-0.2, 0) is 0 Å². The Hall–Kier alpha value is -1.39. The van der Waals surface area contributed by atoms with Gasteiger partial charge in [0.1, 0.15) is 0 Å². The molecule has 0 saturated carbocycles. The Kier molecular flexibility index (Phi) is 5.15. The summed E-state index contributed by atoms with van der Waals surface area (Å²) in [7, 11) is 0. The van der Waals surface area contributed by atoms with Crippen molar-refractivity contribution >= 4 is 43.3 Å². The maximum Gasteiger partial charge on any atom is 0.187 e. The topological polar surface area (TPSA) is 29.1 Å². The van der Waals surface area contributed by atoms with Gasteiger partial charge in [-0.2, -0.15) is 0 Å². The molecule has 2 rings (SSSR count). The number of hydrogen-bond donors (Lipinski definition) is 1. The Bertz CT molecular complexity index is 648. The molecule has 0 fully saturated rings. The van der Waals surface area contributed by atoms with Crippen molar-refractivity contribution in [1.82, 2.24) is 0 Å². The van der Waals surface area contributed by atoms with Crippen molar-refractivity contribution in [2.45, 2.75) is 6.92 Å². The lowest BCUT2D eigenvalue weighted by molar-refractivity contribution is 0.104. The van der Waals surface area contributed by atoms with Crippen LogP contribution in [0.1, 0.15) is 17.3 Å². The third kappa shape index (κ3) is 4.32. The largest absolute Gasteiger partial charge is 0.359 e. The van der Waals surface area contributed by atoms with Crippen molar-refractivity contribution in [3.05, 3.63) is 74.8 Å². The molecule has 0 unspecified atom stereocenters. The van der Waals surface area contributed by atoms with Crippen LogP contribution in [0.15, 0.2) is 69.2 Å². The highest BCUT2D eigenvalue weighted by molar-refractivity contribution is 9.10. The molecule has 2 aromatic carbocycles. The van der Waals surface area contributed by atoms with Crippen LogP contribution in [0.25, 0.3) is 0 Å². The van der Waals surface area contributed by atoms with Gasteiger partial charge in [0, 0.05) is 32.0 Å². The van der Waals surface area contributed by atoms with E-state index in [0.29, 0.717) is 5.56 Å². The van der Waals surface area contributed by atoms with Gasteiger partial charge in [0.2, 0.25) is 0 Å². The monoisotopic (exact) mass is 393 g/mol. The van der Waals surface area contributed by atoms with E-state index >= 15 is 0 Å². The number of carbonyl (C=O) groups excluding carboxylic acids is 1. The smallest absolute Gasteiger partial charge is 0.187 e. The molecule has 0 amide bonds. The van der Waals surface area contributed by atoms with E-state index in [0.717, 1.165) is 20.3 Å². The summed E-state index contributed by atoms with van der Waals surface area (Å²) in [5.74, 6) is -0.0162. The summed E-state index contributed by atoms with van der Waals surface area (Å²) in [4.78, 5) is 12.1. The maximum atomic E-state index is 12.1. The van der Waals surface area contributed by atoms with Gasteiger partial charge >= 0.3 is 0 Å². The van der Waals surface area contributed by atoms with Crippen LogP contribution in [0, 0.1) is 0 Å². The van der Waals surface area contributed by atoms with E-state index in [1.165, 1.54) is 0 Å². The van der Waals surface area contributed by atoms with Crippen LogP contribution < -0.4 is 5.32 Å². The van der Waals surface area contributed by atoms with E-state index in [4.69, 9.17) is 0 Å². The number of allylic oxidation sites excluding steroid dienone is 2. The minimum absolute atomic E-state index is 0.0162. The third-order valence-corrected chi connectivity index (χ3v) is 3.66. The van der Waals surface area contributed by atoms with Gasteiger partial charge in [-0.05, 0) is 49.4 Å². The summed E-state index contributed by atoms with van der Waals surface area (Å²) in [5.41, 5.74) is 2.41. The van der Waals surface area contributed by atoms with Gasteiger partial charge in [-0.1, -0.05) is 37.9 Å². The summed E-state index contributed by atoms with van der Waals surface area (Å²) >= 11 is 6.77. The van der Waals surface area contributed by atoms with Crippen LogP contribution in [0.4, 0.5) is 5.69 Å². The first-order valence-corrected chi connectivity index (χ1v) is 7.64. The number of benzene rings is 2. The van der Waals surface area contributed by atoms with Gasteiger partial charge in [-0.3, -0.25) is 4.79 Å². The standard InChI is InChI=1S/C16H13Br2NO/c1-11(19-15-4-2-3-14(18)10-15)9-16(20)12-5-7-13(17)8-6-12/h2-10,19H,1H3/b11-9+. The molecule has 0 spiro atoms. The fourth-order valence-corrected chi connectivity index (χ4v) is 2.39. The lowest BCUT2D eigenvalue weighted by Gasteiger charge is -2.06. The first-order valence-electron chi connectivity index (χ1n) is 6.05. The zero-order valence-corrected chi connectivity index (χ0v) is 14.0. The highest BCUT2D eigenvalue weighted by atomic mass is 79.9. The molecule has 0 saturated heterocycles. The second kappa shape index (κ2) is 6.86. The SMILES string of the molecule is C/C(=C\C(=O)c1ccc(Br)cc1)Nc1cccc(Br)c1. The lowest BCUT2D eigenvalue weighted by atomic mass is 10.1. The summed E-state index contributed by atoms with van der Waals surface area (Å²) in [6, 6.07) is 15.1. The predicted molar refractivity (Wildman–Crippen MR) is 90.0 cm³/mol. The predicted octanol–water partition coefficient (Wildman–Crippen LogP) is 5.41. The van der Waals surface area contributed by atoms with Gasteiger partial charge in [-0.15, -0.1) is 0 Å². The Labute approximate surface area is 135 Å². The average Bonchev–Trinajstić information content (AvgIpc) is 2.39. The highest BCUT2D eigenvalue weighted by Gasteiger charge is 2.03. The maximum absolute atomic E-state index is 12.1. The molecule has 0 aliphatic rings. The number of ketones is 1. The quantitative estimate of drug-likeness (QED) is 0.554. The minimum Gasteiger partial charge on any atom is -0.359 e. The second-order valence-electron chi connectivity index (χ2n) is 4.33. The average molecular weight is 395 g/mol. The molecule has 0 aliphatic carbocycles. The highest BCUT2D eigenvalue weighted by Crippen LogP contribution is 2.17. The molecular formula is C16H13Br2NO. The van der Waals surface area contributed by atoms with E-state index in [2.05, 4.69) is 37.2 Å². The Morgan fingerprint density at radius 3 is 2.40 bits per heavy atom. The zero-order valence-electron chi connectivity index (χ0n) is 10.9. The molecule has 0 radical (unpaired) electrons. The fourth-order valence-electron chi connectivity index (χ4n) is 1.72. The van der Waals surface area contributed by atoms with Crippen molar-refractivity contribution < 1.29 is 4.79 Å². The third-order valence-electron chi connectivity index (χ3n) is 2.64. The van der Waals surface area contributed by atoms with Crippen LogP contribution >= 0.6 is 31.9 Å². The van der Waals surface area contributed by atoms with Gasteiger partial charge in [-0.25, -0.2) is 0 Å². The molecule has 1 N–H and O–H groups in total. The van der Waals surface area contributed by atoms with Crippen molar-refractivity contribution in [2.24, 2.45) is 0 Å². The second-order valence-corrected chi connectivity index (χ2v) is 6.17. The van der Waals surface area contributed by atoms with Crippen molar-refractivity contribution in [1.29, 1.82) is 0 Å². The number of halogens is 2. The lowest BCUT2D eigenvalue weighted by Crippen LogP contribution is -2.01. The van der Waals surface area contributed by atoms with Crippen LogP contribution in [0.5, 0.6) is 0 Å². The van der Waals surface area contributed by atoms with Crippen LogP contribution in [-0.4, -0.2) is 5.78 Å². The number of carbonyl (C=O) groups is 1. The van der Waals surface area contributed by atoms with E-state index in [1.54, 1.807) is 18.2 Å². The first kappa shape index (κ1) is 15.0. The number of anilines is 1. The Morgan fingerprint density at radius 2 is 1.75 bits per heavy atom. The minimum atomic E-state index is -0.0162. The number of nitrogens with one attached hydrogen (secondary N) is 1. The summed E-state index contributed by atoms with van der Waals surface area (Å²) < 4.78 is 1.96. The molecular weight excluding hydrogens is 382 g/mol. The Morgan fingerprint density at radius 1 is 1.05 bits per heavy atom. The molecule has 2 aromatic rings. The molecule has 0 aliphatic heterocycles. The normalized spacial score (nSPS) is 11.2. The summed E-state index contributed by atoms with van der Waals surface area (Å²) in [5, 5.41) is 3.20. The number of rotatable bonds is 4. The molecule has 0 heterocycles. The van der Waals surface area contributed by atoms with Crippen molar-refractivity contribution in [2.75, 3.05) is 5.32 Å². The first-order chi connectivity index (χ1) is 9.54. The van der Waals surface area contributed by atoms with Crippen LogP contribution in [0.3, 0.4) is 0 Å². The van der Waals surface area contributed by atoms with E-state index in [9.17, 15) is 4.79 Å². The summed E-state index contributed by atoms with van der Waals surface area (Å²) in [6.45, 7) is 1.87. The van der Waals surface area contributed by atoms with Crippen molar-refractivity contribution in [3.63, 3.8) is 0 Å². The summed E-state index contributed by atoms with van der Waals surface area (Å²) in [6.07, 6.45) is 1.60. The molecule has 0 atom stereocenters. The molecule has 0 aromatic heterocycles. The molecule has 4 heteroatoms. The van der Waals surface area contributed by atoms with E-state index in [-0.39, 0.29) is 5.78 Å². The van der Waals surface area contributed by atoms with Gasteiger partial charge < -0.3 is 5.32 Å². The fraction of sp³-hybridized carbons (Fsp3) is 0.0625.